The number of hydrogen-bond acceptors (Lipinski definition) is 5. The van der Waals surface area contributed by atoms with Gasteiger partial charge in [-0.1, -0.05) is 6.07 Å². The number of nitrogens with zero attached hydrogens (tertiary/aromatic N) is 1. The molecule has 0 bridgehead atoms. The molecule has 7 nitrogen and oxygen atoms in total. The van der Waals surface area contributed by atoms with E-state index in [9.17, 15) is 22.8 Å². The van der Waals surface area contributed by atoms with Crippen LogP contribution in [-0.4, -0.2) is 54.3 Å². The molecule has 2 amide bonds. The number of hydrogen-bond donors (Lipinski definition) is 1. The number of benzene rings is 2. The number of aryl methyl sites for hydroxylation is 2. The molecule has 1 N–H and O–H groups in total. The van der Waals surface area contributed by atoms with Crippen molar-refractivity contribution in [3.05, 3.63) is 47.0 Å². The molecule has 1 fully saturated rings. The van der Waals surface area contributed by atoms with Crippen LogP contribution in [0.15, 0.2) is 30.3 Å². The van der Waals surface area contributed by atoms with E-state index in [0.29, 0.717) is 30.6 Å². The molecule has 3 aliphatic heterocycles. The van der Waals surface area contributed by atoms with Crippen LogP contribution in [0.25, 0.3) is 0 Å². The second kappa shape index (κ2) is 8.66. The Bertz CT molecular complexity index is 1180. The van der Waals surface area contributed by atoms with E-state index in [-0.39, 0.29) is 48.3 Å². The SMILES string of the molecule is Cc1cc2c(c(OC(C)C(F)(F)F)c1)C(=O)N1C[C@@H](Oc3ccc4c(c3)NC(=O)CC4)C[C@@H]1CO2. The minimum absolute atomic E-state index is 0.00802. The average Bonchev–Trinajstić information content (AvgIpc) is 3.13. The summed E-state index contributed by atoms with van der Waals surface area (Å²) in [6.45, 7) is 3.05. The van der Waals surface area contributed by atoms with Gasteiger partial charge in [0.05, 0.1) is 12.6 Å². The zero-order valence-corrected chi connectivity index (χ0v) is 19.3. The van der Waals surface area contributed by atoms with Gasteiger partial charge >= 0.3 is 6.18 Å². The molecular weight excluding hydrogens is 465 g/mol. The summed E-state index contributed by atoms with van der Waals surface area (Å²) in [7, 11) is 0. The highest BCUT2D eigenvalue weighted by atomic mass is 19.4. The van der Waals surface area contributed by atoms with Crippen LogP contribution < -0.4 is 19.5 Å². The predicted molar refractivity (Wildman–Crippen MR) is 120 cm³/mol. The van der Waals surface area contributed by atoms with Crippen molar-refractivity contribution >= 4 is 17.5 Å². The third-order valence-electron chi connectivity index (χ3n) is 6.54. The lowest BCUT2D eigenvalue weighted by Crippen LogP contribution is -2.37. The number of ether oxygens (including phenoxy) is 3. The molecule has 1 unspecified atom stereocenters. The van der Waals surface area contributed by atoms with Gasteiger partial charge in [0.1, 0.15) is 35.5 Å². The number of halogens is 3. The summed E-state index contributed by atoms with van der Waals surface area (Å²) in [6.07, 6.45) is -5.38. The highest BCUT2D eigenvalue weighted by Crippen LogP contribution is 2.39. The Kier molecular flexibility index (Phi) is 5.77. The van der Waals surface area contributed by atoms with Gasteiger partial charge in [-0.15, -0.1) is 0 Å². The second-order valence-corrected chi connectivity index (χ2v) is 9.20. The van der Waals surface area contributed by atoms with Crippen LogP contribution in [0.4, 0.5) is 18.9 Å². The summed E-state index contributed by atoms with van der Waals surface area (Å²) < 4.78 is 56.7. The topological polar surface area (TPSA) is 77.1 Å². The molecule has 0 aliphatic carbocycles. The lowest BCUT2D eigenvalue weighted by Gasteiger charge is -2.23. The van der Waals surface area contributed by atoms with Crippen LogP contribution in [0.1, 0.15) is 41.3 Å². The summed E-state index contributed by atoms with van der Waals surface area (Å²) in [5.41, 5.74) is 2.37. The molecule has 3 heterocycles. The van der Waals surface area contributed by atoms with Crippen molar-refractivity contribution in [2.75, 3.05) is 18.5 Å². The minimum atomic E-state index is -4.57. The molecule has 1 saturated heterocycles. The quantitative estimate of drug-likeness (QED) is 0.693. The van der Waals surface area contributed by atoms with E-state index in [1.165, 1.54) is 6.07 Å². The zero-order valence-electron chi connectivity index (χ0n) is 19.3. The van der Waals surface area contributed by atoms with Crippen molar-refractivity contribution in [3.63, 3.8) is 0 Å². The van der Waals surface area contributed by atoms with E-state index in [2.05, 4.69) is 5.32 Å². The Morgan fingerprint density at radius 2 is 1.97 bits per heavy atom. The van der Waals surface area contributed by atoms with Crippen molar-refractivity contribution in [1.29, 1.82) is 0 Å². The standard InChI is InChI=1S/C25H25F3N2O5/c1-13-7-20-23(21(8-13)34-14(2)25(26,27)28)24(32)30-11-18(9-16(30)12-33-20)35-17-5-3-15-4-6-22(31)29-19(15)10-17/h3,5,7-8,10,14,16,18H,4,6,9,11-12H2,1-2H3,(H,29,31)/t14?,16-,18+/m1/s1. The molecule has 0 aromatic heterocycles. The van der Waals surface area contributed by atoms with Crippen molar-refractivity contribution in [1.82, 2.24) is 4.90 Å². The predicted octanol–water partition coefficient (Wildman–Crippen LogP) is 4.26. The van der Waals surface area contributed by atoms with Crippen molar-refractivity contribution in [2.24, 2.45) is 0 Å². The Labute approximate surface area is 200 Å². The van der Waals surface area contributed by atoms with Gasteiger partial charge in [0, 0.05) is 24.6 Å². The van der Waals surface area contributed by atoms with E-state index in [1.807, 2.05) is 12.1 Å². The molecule has 2 aromatic rings. The maximum absolute atomic E-state index is 13.5. The monoisotopic (exact) mass is 490 g/mol. The van der Waals surface area contributed by atoms with Crippen LogP contribution in [0.2, 0.25) is 0 Å². The highest BCUT2D eigenvalue weighted by molar-refractivity contribution is 6.00. The molecule has 0 radical (unpaired) electrons. The third kappa shape index (κ3) is 4.61. The first-order valence-corrected chi connectivity index (χ1v) is 11.5. The minimum Gasteiger partial charge on any atom is -0.490 e. The molecule has 0 spiro atoms. The van der Waals surface area contributed by atoms with E-state index < -0.39 is 18.2 Å². The number of rotatable bonds is 4. The van der Waals surface area contributed by atoms with Gasteiger partial charge < -0.3 is 24.4 Å². The van der Waals surface area contributed by atoms with E-state index >= 15 is 0 Å². The third-order valence-corrected chi connectivity index (χ3v) is 6.54. The molecule has 10 heteroatoms. The summed E-state index contributed by atoms with van der Waals surface area (Å²) in [4.78, 5) is 26.8. The van der Waals surface area contributed by atoms with Gasteiger partial charge in [0.15, 0.2) is 6.10 Å². The van der Waals surface area contributed by atoms with Crippen LogP contribution in [0.3, 0.4) is 0 Å². The number of fused-ring (bicyclic) bond motifs is 3. The van der Waals surface area contributed by atoms with E-state index in [1.54, 1.807) is 24.0 Å². The van der Waals surface area contributed by atoms with Crippen LogP contribution >= 0.6 is 0 Å². The van der Waals surface area contributed by atoms with Gasteiger partial charge in [-0.3, -0.25) is 9.59 Å². The van der Waals surface area contributed by atoms with Gasteiger partial charge in [-0.25, -0.2) is 0 Å². The average molecular weight is 490 g/mol. The molecular formula is C25H25F3N2O5. The number of anilines is 1. The molecule has 35 heavy (non-hydrogen) atoms. The van der Waals surface area contributed by atoms with Crippen LogP contribution in [0, 0.1) is 6.92 Å². The number of carbonyl (C=O) groups excluding carboxylic acids is 2. The fourth-order valence-electron chi connectivity index (χ4n) is 4.71. The molecule has 5 rings (SSSR count). The highest BCUT2D eigenvalue weighted by Gasteiger charge is 2.43. The summed E-state index contributed by atoms with van der Waals surface area (Å²) in [5, 5.41) is 2.84. The first kappa shape index (κ1) is 23.3. The largest absolute Gasteiger partial charge is 0.490 e. The van der Waals surface area contributed by atoms with Gasteiger partial charge in [0.2, 0.25) is 5.91 Å². The maximum Gasteiger partial charge on any atom is 0.425 e. The first-order valence-electron chi connectivity index (χ1n) is 11.5. The Morgan fingerprint density at radius 3 is 2.74 bits per heavy atom. The smallest absolute Gasteiger partial charge is 0.425 e. The fraction of sp³-hybridized carbons (Fsp3) is 0.440. The fourth-order valence-corrected chi connectivity index (χ4v) is 4.71. The molecule has 186 valence electrons. The molecule has 2 aromatic carbocycles. The molecule has 3 atom stereocenters. The summed E-state index contributed by atoms with van der Waals surface area (Å²) >= 11 is 0. The Morgan fingerprint density at radius 1 is 1.17 bits per heavy atom. The zero-order chi connectivity index (χ0) is 24.9. The molecule has 3 aliphatic rings. The number of nitrogens with one attached hydrogen (secondary N) is 1. The van der Waals surface area contributed by atoms with E-state index in [4.69, 9.17) is 14.2 Å². The number of alkyl halides is 3. The number of amides is 2. The Hall–Kier alpha value is -3.43. The van der Waals surface area contributed by atoms with Crippen LogP contribution in [-0.2, 0) is 11.2 Å². The van der Waals surface area contributed by atoms with Crippen LogP contribution in [0.5, 0.6) is 17.2 Å². The lowest BCUT2D eigenvalue weighted by atomic mass is 10.0. The first-order chi connectivity index (χ1) is 16.6. The second-order valence-electron chi connectivity index (χ2n) is 9.20. The maximum atomic E-state index is 13.5. The van der Waals surface area contributed by atoms with Crippen molar-refractivity contribution < 1.29 is 37.0 Å². The number of carbonyl (C=O) groups is 2. The summed E-state index contributed by atoms with van der Waals surface area (Å²) in [5.74, 6) is 0.150. The van der Waals surface area contributed by atoms with Crippen molar-refractivity contribution in [2.45, 2.75) is 57.5 Å². The van der Waals surface area contributed by atoms with E-state index in [0.717, 1.165) is 18.2 Å². The van der Waals surface area contributed by atoms with Crippen molar-refractivity contribution in [3.8, 4) is 17.2 Å². The normalized spacial score (nSPS) is 22.3. The Balaban J connectivity index is 1.36. The lowest BCUT2D eigenvalue weighted by molar-refractivity contribution is -0.189. The molecule has 0 saturated carbocycles. The van der Waals surface area contributed by atoms with Gasteiger partial charge in [-0.05, 0) is 49.6 Å². The van der Waals surface area contributed by atoms with Gasteiger partial charge in [-0.2, -0.15) is 13.2 Å². The summed E-state index contributed by atoms with van der Waals surface area (Å²) in [6, 6.07) is 8.28. The van der Waals surface area contributed by atoms with Gasteiger partial charge in [0.25, 0.3) is 5.91 Å².